The number of hydrogen-bond acceptors (Lipinski definition) is 2. The summed E-state index contributed by atoms with van der Waals surface area (Å²) in [4.78, 5) is 0. The van der Waals surface area contributed by atoms with E-state index >= 15 is 0 Å². The summed E-state index contributed by atoms with van der Waals surface area (Å²) in [7, 11) is 0. The topological polar surface area (TPSA) is 24.1 Å². The zero-order valence-electron chi connectivity index (χ0n) is 10.7. The third-order valence-corrected chi connectivity index (χ3v) is 3.13. The first kappa shape index (κ1) is 13.0. The van der Waals surface area contributed by atoms with Crippen molar-refractivity contribution in [2.75, 3.05) is 19.6 Å². The average molecular weight is 212 g/mol. The number of rotatable bonds is 5. The zero-order valence-corrected chi connectivity index (χ0v) is 10.7. The highest BCUT2D eigenvalue weighted by Gasteiger charge is 2.12. The van der Waals surface area contributed by atoms with Crippen LogP contribution in [0.2, 0.25) is 0 Å². The van der Waals surface area contributed by atoms with Gasteiger partial charge in [-0.25, -0.2) is 0 Å². The lowest BCUT2D eigenvalue weighted by Gasteiger charge is -2.24. The van der Waals surface area contributed by atoms with Crippen LogP contribution < -0.4 is 10.6 Å². The molecular weight excluding hydrogens is 184 g/mol. The Bertz CT molecular complexity index is 154. The van der Waals surface area contributed by atoms with Crippen molar-refractivity contribution < 1.29 is 0 Å². The predicted molar refractivity (Wildman–Crippen MR) is 67.2 cm³/mol. The largest absolute Gasteiger partial charge is 0.317 e. The smallest absolute Gasteiger partial charge is 0.00912 e. The Morgan fingerprint density at radius 1 is 1.13 bits per heavy atom. The molecule has 1 aliphatic heterocycles. The number of hydrogen-bond donors (Lipinski definition) is 2. The number of nitrogens with one attached hydrogen (secondary N) is 2. The fraction of sp³-hybridized carbons (Fsp3) is 1.00. The summed E-state index contributed by atoms with van der Waals surface area (Å²) < 4.78 is 0. The fourth-order valence-corrected chi connectivity index (χ4v) is 2.11. The Hall–Kier alpha value is -0.0800. The van der Waals surface area contributed by atoms with Crippen molar-refractivity contribution in [3.05, 3.63) is 0 Å². The summed E-state index contributed by atoms with van der Waals surface area (Å²) in [5.74, 6) is 0. The molecule has 0 saturated carbocycles. The predicted octanol–water partition coefficient (Wildman–Crippen LogP) is 2.54. The van der Waals surface area contributed by atoms with Crippen LogP contribution in [0.25, 0.3) is 0 Å². The van der Waals surface area contributed by atoms with Crippen LogP contribution in [0.5, 0.6) is 0 Å². The maximum atomic E-state index is 3.67. The van der Waals surface area contributed by atoms with Gasteiger partial charge < -0.3 is 10.6 Å². The summed E-state index contributed by atoms with van der Waals surface area (Å²) in [6.07, 6.45) is 6.65. The van der Waals surface area contributed by atoms with E-state index in [4.69, 9.17) is 0 Å². The van der Waals surface area contributed by atoms with Crippen molar-refractivity contribution in [3.63, 3.8) is 0 Å². The fourth-order valence-electron chi connectivity index (χ4n) is 2.11. The average Bonchev–Trinajstić information content (AvgIpc) is 2.17. The second-order valence-electron chi connectivity index (χ2n) is 6.00. The molecule has 1 aliphatic rings. The Kier molecular flexibility index (Phi) is 5.62. The van der Waals surface area contributed by atoms with Gasteiger partial charge in [-0.3, -0.25) is 0 Å². The molecule has 0 aromatic rings. The summed E-state index contributed by atoms with van der Waals surface area (Å²) in [5, 5.41) is 7.06. The van der Waals surface area contributed by atoms with Crippen LogP contribution in [-0.2, 0) is 0 Å². The highest BCUT2D eigenvalue weighted by molar-refractivity contribution is 4.74. The highest BCUT2D eigenvalue weighted by atomic mass is 15.0. The first-order valence-electron chi connectivity index (χ1n) is 6.52. The van der Waals surface area contributed by atoms with E-state index in [0.717, 1.165) is 6.04 Å². The standard InChI is InChI=1S/C13H28N2/c1-13(2,3)8-4-5-9-15-12-6-10-14-11-7-12/h12,14-15H,4-11H2,1-3H3. The molecule has 0 spiro atoms. The molecule has 1 saturated heterocycles. The van der Waals surface area contributed by atoms with Crippen molar-refractivity contribution in [2.24, 2.45) is 5.41 Å². The van der Waals surface area contributed by atoms with E-state index in [1.54, 1.807) is 0 Å². The van der Waals surface area contributed by atoms with Gasteiger partial charge in [0.25, 0.3) is 0 Å². The molecule has 0 amide bonds. The van der Waals surface area contributed by atoms with Crippen molar-refractivity contribution in [3.8, 4) is 0 Å². The molecule has 0 radical (unpaired) electrons. The molecule has 2 N–H and O–H groups in total. The summed E-state index contributed by atoms with van der Waals surface area (Å²) in [6, 6.07) is 0.779. The molecule has 15 heavy (non-hydrogen) atoms. The van der Waals surface area contributed by atoms with Gasteiger partial charge in [-0.05, 0) is 50.7 Å². The second kappa shape index (κ2) is 6.49. The molecular formula is C13H28N2. The van der Waals surface area contributed by atoms with E-state index in [9.17, 15) is 0 Å². The summed E-state index contributed by atoms with van der Waals surface area (Å²) in [6.45, 7) is 10.6. The molecule has 2 nitrogen and oxygen atoms in total. The molecule has 0 aromatic carbocycles. The Balaban J connectivity index is 1.92. The van der Waals surface area contributed by atoms with Gasteiger partial charge in [-0.15, -0.1) is 0 Å². The normalized spacial score (nSPS) is 19.4. The van der Waals surface area contributed by atoms with E-state index < -0.39 is 0 Å². The summed E-state index contributed by atoms with van der Waals surface area (Å²) >= 11 is 0. The molecule has 0 aliphatic carbocycles. The lowest BCUT2D eigenvalue weighted by Crippen LogP contribution is -2.40. The minimum absolute atomic E-state index is 0.509. The van der Waals surface area contributed by atoms with Gasteiger partial charge in [-0.2, -0.15) is 0 Å². The summed E-state index contributed by atoms with van der Waals surface area (Å²) in [5.41, 5.74) is 0.509. The van der Waals surface area contributed by atoms with E-state index in [1.807, 2.05) is 0 Å². The zero-order chi connectivity index (χ0) is 11.1. The van der Waals surface area contributed by atoms with Crippen molar-refractivity contribution in [1.29, 1.82) is 0 Å². The molecule has 0 atom stereocenters. The number of unbranched alkanes of at least 4 members (excludes halogenated alkanes) is 1. The van der Waals surface area contributed by atoms with Gasteiger partial charge >= 0.3 is 0 Å². The van der Waals surface area contributed by atoms with E-state index in [-0.39, 0.29) is 0 Å². The molecule has 0 bridgehead atoms. The van der Waals surface area contributed by atoms with E-state index in [1.165, 1.54) is 51.7 Å². The Morgan fingerprint density at radius 2 is 1.80 bits per heavy atom. The minimum Gasteiger partial charge on any atom is -0.317 e. The SMILES string of the molecule is CC(C)(C)CCCCNC1CCNCC1. The van der Waals surface area contributed by atoms with E-state index in [0.29, 0.717) is 5.41 Å². The Morgan fingerprint density at radius 3 is 2.40 bits per heavy atom. The Labute approximate surface area is 95.2 Å². The van der Waals surface area contributed by atoms with Crippen molar-refractivity contribution >= 4 is 0 Å². The van der Waals surface area contributed by atoms with Gasteiger partial charge in [-0.1, -0.05) is 27.2 Å². The highest BCUT2D eigenvalue weighted by Crippen LogP contribution is 2.21. The van der Waals surface area contributed by atoms with Crippen LogP contribution in [0.4, 0.5) is 0 Å². The van der Waals surface area contributed by atoms with Crippen LogP contribution >= 0.6 is 0 Å². The lowest BCUT2D eigenvalue weighted by molar-refractivity contribution is 0.346. The molecule has 2 heteroatoms. The van der Waals surface area contributed by atoms with Crippen LogP contribution in [0.15, 0.2) is 0 Å². The monoisotopic (exact) mass is 212 g/mol. The van der Waals surface area contributed by atoms with E-state index in [2.05, 4.69) is 31.4 Å². The molecule has 1 rings (SSSR count). The van der Waals surface area contributed by atoms with Crippen molar-refractivity contribution in [2.45, 2.75) is 58.9 Å². The van der Waals surface area contributed by atoms with Gasteiger partial charge in [0.2, 0.25) is 0 Å². The van der Waals surface area contributed by atoms with Crippen LogP contribution in [0.1, 0.15) is 52.9 Å². The first-order chi connectivity index (χ1) is 7.08. The minimum atomic E-state index is 0.509. The number of piperidine rings is 1. The lowest BCUT2D eigenvalue weighted by atomic mass is 9.90. The maximum absolute atomic E-state index is 3.67. The molecule has 1 heterocycles. The third-order valence-electron chi connectivity index (χ3n) is 3.13. The quantitative estimate of drug-likeness (QED) is 0.684. The molecule has 0 aromatic heterocycles. The third kappa shape index (κ3) is 6.91. The van der Waals surface area contributed by atoms with Gasteiger partial charge in [0, 0.05) is 6.04 Å². The maximum Gasteiger partial charge on any atom is 0.00912 e. The van der Waals surface area contributed by atoms with Crippen molar-refractivity contribution in [1.82, 2.24) is 10.6 Å². The molecule has 0 unspecified atom stereocenters. The van der Waals surface area contributed by atoms with Crippen LogP contribution in [0.3, 0.4) is 0 Å². The molecule has 90 valence electrons. The van der Waals surface area contributed by atoms with Crippen LogP contribution in [0, 0.1) is 5.41 Å². The van der Waals surface area contributed by atoms with Gasteiger partial charge in [0.1, 0.15) is 0 Å². The second-order valence-corrected chi connectivity index (χ2v) is 6.00. The van der Waals surface area contributed by atoms with Gasteiger partial charge in [0.15, 0.2) is 0 Å². The van der Waals surface area contributed by atoms with Gasteiger partial charge in [0.05, 0.1) is 0 Å². The van der Waals surface area contributed by atoms with Crippen LogP contribution in [-0.4, -0.2) is 25.7 Å². The first-order valence-corrected chi connectivity index (χ1v) is 6.52. The molecule has 1 fully saturated rings.